The van der Waals surface area contributed by atoms with E-state index in [9.17, 15) is 14.4 Å². The van der Waals surface area contributed by atoms with E-state index in [-0.39, 0.29) is 23.8 Å². The number of fused-ring (bicyclic) bond motifs is 1. The van der Waals surface area contributed by atoms with E-state index in [0.717, 1.165) is 18.4 Å². The van der Waals surface area contributed by atoms with Gasteiger partial charge >= 0.3 is 0 Å². The standard InChI is InChI=1S/C22H31N5O3/c1-3-17(23-2)20(28)25-18-10-7-14-26-15-12-19(27(26)22(18)30)21(29)24-13-11-16-8-5-4-6-9-16/h4-6,8-9,12,15,17-19,23H,3,7,10-11,13-14H2,1-2H3,(H,24,29)(H,25,28)/t17-,18-,19-/m0/s1. The quantitative estimate of drug-likeness (QED) is 0.579. The number of hydrogen-bond acceptors (Lipinski definition) is 5. The first kappa shape index (κ1) is 21.8. The highest BCUT2D eigenvalue weighted by Gasteiger charge is 2.41. The van der Waals surface area contributed by atoms with Gasteiger partial charge in [0, 0.05) is 19.3 Å². The van der Waals surface area contributed by atoms with Crippen LogP contribution in [0.25, 0.3) is 0 Å². The van der Waals surface area contributed by atoms with Crippen molar-refractivity contribution < 1.29 is 14.4 Å². The molecule has 0 spiro atoms. The third-order valence-electron chi connectivity index (χ3n) is 5.60. The molecule has 0 saturated carbocycles. The van der Waals surface area contributed by atoms with Gasteiger partial charge in [-0.1, -0.05) is 37.3 Å². The van der Waals surface area contributed by atoms with Gasteiger partial charge in [0.05, 0.1) is 6.04 Å². The lowest BCUT2D eigenvalue weighted by atomic mass is 10.1. The molecular weight excluding hydrogens is 382 g/mol. The Balaban J connectivity index is 1.61. The SMILES string of the molecule is CC[C@H](NC)C(=O)N[C@H]1CCCN2C=C[C@@H](C(=O)NCCc3ccccc3)N2C1=O. The van der Waals surface area contributed by atoms with Gasteiger partial charge in [0.15, 0.2) is 6.04 Å². The molecule has 162 valence electrons. The minimum atomic E-state index is -0.697. The number of hydrazine groups is 1. The molecule has 3 amide bonds. The maximum absolute atomic E-state index is 13.2. The Kier molecular flexibility index (Phi) is 7.46. The third kappa shape index (κ3) is 4.99. The van der Waals surface area contributed by atoms with E-state index in [4.69, 9.17) is 0 Å². The minimum Gasteiger partial charge on any atom is -0.354 e. The van der Waals surface area contributed by atoms with Gasteiger partial charge in [0.1, 0.15) is 6.04 Å². The topological polar surface area (TPSA) is 93.8 Å². The second-order valence-electron chi connectivity index (χ2n) is 7.61. The van der Waals surface area contributed by atoms with E-state index in [0.29, 0.717) is 25.9 Å². The summed E-state index contributed by atoms with van der Waals surface area (Å²) in [6, 6.07) is 8.26. The van der Waals surface area contributed by atoms with Crippen LogP contribution in [0.3, 0.4) is 0 Å². The molecule has 1 aromatic rings. The van der Waals surface area contributed by atoms with Crippen LogP contribution in [-0.4, -0.2) is 66.0 Å². The zero-order valence-corrected chi connectivity index (χ0v) is 17.6. The van der Waals surface area contributed by atoms with E-state index in [1.807, 2.05) is 37.3 Å². The lowest BCUT2D eigenvalue weighted by Gasteiger charge is -2.33. The number of carbonyl (C=O) groups is 3. The summed E-state index contributed by atoms with van der Waals surface area (Å²) in [4.78, 5) is 38.5. The first-order valence-corrected chi connectivity index (χ1v) is 10.6. The first-order valence-electron chi connectivity index (χ1n) is 10.6. The fourth-order valence-electron chi connectivity index (χ4n) is 3.89. The highest BCUT2D eigenvalue weighted by molar-refractivity contribution is 5.94. The number of hydrogen-bond donors (Lipinski definition) is 3. The van der Waals surface area contributed by atoms with E-state index >= 15 is 0 Å². The van der Waals surface area contributed by atoms with Gasteiger partial charge in [-0.3, -0.25) is 19.4 Å². The van der Waals surface area contributed by atoms with Crippen LogP contribution in [0, 0.1) is 0 Å². The molecule has 1 fully saturated rings. The molecule has 3 N–H and O–H groups in total. The molecular formula is C22H31N5O3. The number of benzene rings is 1. The van der Waals surface area contributed by atoms with Crippen molar-refractivity contribution in [1.82, 2.24) is 26.0 Å². The molecule has 0 unspecified atom stereocenters. The van der Waals surface area contributed by atoms with E-state index in [2.05, 4.69) is 16.0 Å². The van der Waals surface area contributed by atoms with Gasteiger partial charge in [-0.25, -0.2) is 5.01 Å². The summed E-state index contributed by atoms with van der Waals surface area (Å²) in [7, 11) is 1.73. The predicted octanol–water partition coefficient (Wildman–Crippen LogP) is 0.563. The molecule has 0 aromatic heterocycles. The zero-order chi connectivity index (χ0) is 21.5. The average molecular weight is 414 g/mol. The van der Waals surface area contributed by atoms with Crippen LogP contribution in [0.15, 0.2) is 42.6 Å². The summed E-state index contributed by atoms with van der Waals surface area (Å²) in [5.41, 5.74) is 1.14. The number of likely N-dealkylation sites (N-methyl/N-ethyl adjacent to an activating group) is 1. The van der Waals surface area contributed by atoms with Crippen molar-refractivity contribution >= 4 is 17.7 Å². The third-order valence-corrected chi connectivity index (χ3v) is 5.60. The molecule has 8 heteroatoms. The number of nitrogens with zero attached hydrogens (tertiary/aromatic N) is 2. The summed E-state index contributed by atoms with van der Waals surface area (Å²) in [5, 5.41) is 12.0. The number of nitrogens with one attached hydrogen (secondary N) is 3. The molecule has 0 radical (unpaired) electrons. The molecule has 2 aliphatic rings. The fourth-order valence-corrected chi connectivity index (χ4v) is 3.89. The molecule has 0 aliphatic carbocycles. The molecule has 2 aliphatic heterocycles. The average Bonchev–Trinajstić information content (AvgIpc) is 3.11. The van der Waals surface area contributed by atoms with Crippen molar-refractivity contribution in [3.63, 3.8) is 0 Å². The highest BCUT2D eigenvalue weighted by atomic mass is 16.2. The number of amides is 3. The fraction of sp³-hybridized carbons (Fsp3) is 0.500. The molecule has 3 rings (SSSR count). The normalized spacial score (nSPS) is 21.7. The maximum atomic E-state index is 13.2. The second-order valence-corrected chi connectivity index (χ2v) is 7.61. The van der Waals surface area contributed by atoms with Crippen molar-refractivity contribution in [3.8, 4) is 0 Å². The van der Waals surface area contributed by atoms with Gasteiger partial charge < -0.3 is 16.0 Å². The Morgan fingerprint density at radius 3 is 2.70 bits per heavy atom. The molecule has 2 heterocycles. The van der Waals surface area contributed by atoms with E-state index < -0.39 is 12.1 Å². The summed E-state index contributed by atoms with van der Waals surface area (Å²) >= 11 is 0. The lowest BCUT2D eigenvalue weighted by molar-refractivity contribution is -0.152. The van der Waals surface area contributed by atoms with Crippen LogP contribution in [0.4, 0.5) is 0 Å². The smallest absolute Gasteiger partial charge is 0.264 e. The first-order chi connectivity index (χ1) is 14.5. The maximum Gasteiger partial charge on any atom is 0.264 e. The number of carbonyl (C=O) groups excluding carboxylic acids is 3. The van der Waals surface area contributed by atoms with E-state index in [1.54, 1.807) is 24.3 Å². The van der Waals surface area contributed by atoms with Crippen LogP contribution in [0.5, 0.6) is 0 Å². The molecule has 1 aromatic carbocycles. The van der Waals surface area contributed by atoms with Gasteiger partial charge in [-0.2, -0.15) is 0 Å². The molecule has 1 saturated heterocycles. The summed E-state index contributed by atoms with van der Waals surface area (Å²) in [6.45, 7) is 3.04. The van der Waals surface area contributed by atoms with Crippen LogP contribution in [0.2, 0.25) is 0 Å². The second kappa shape index (κ2) is 10.2. The van der Waals surface area contributed by atoms with Crippen molar-refractivity contribution in [1.29, 1.82) is 0 Å². The lowest BCUT2D eigenvalue weighted by Crippen LogP contribution is -2.57. The Labute approximate surface area is 177 Å². The molecule has 3 atom stereocenters. The van der Waals surface area contributed by atoms with Crippen molar-refractivity contribution in [2.24, 2.45) is 0 Å². The van der Waals surface area contributed by atoms with Gasteiger partial charge in [0.25, 0.3) is 5.91 Å². The number of rotatable bonds is 8. The summed E-state index contributed by atoms with van der Waals surface area (Å²) in [5.74, 6) is -0.658. The monoisotopic (exact) mass is 413 g/mol. The molecule has 30 heavy (non-hydrogen) atoms. The zero-order valence-electron chi connectivity index (χ0n) is 17.6. The van der Waals surface area contributed by atoms with Gasteiger partial charge in [0.2, 0.25) is 11.8 Å². The summed E-state index contributed by atoms with van der Waals surface area (Å²) in [6.07, 6.45) is 6.17. The molecule has 8 nitrogen and oxygen atoms in total. The van der Waals surface area contributed by atoms with Crippen molar-refractivity contribution in [2.45, 2.75) is 50.7 Å². The van der Waals surface area contributed by atoms with Gasteiger partial charge in [-0.15, -0.1) is 0 Å². The van der Waals surface area contributed by atoms with Crippen LogP contribution < -0.4 is 16.0 Å². The Hall–Kier alpha value is -2.87. The molecule has 0 bridgehead atoms. The Bertz CT molecular complexity index is 778. The van der Waals surface area contributed by atoms with E-state index in [1.165, 1.54) is 5.01 Å². The van der Waals surface area contributed by atoms with Crippen LogP contribution >= 0.6 is 0 Å². The Morgan fingerprint density at radius 1 is 1.23 bits per heavy atom. The minimum absolute atomic E-state index is 0.192. The van der Waals surface area contributed by atoms with Crippen LogP contribution in [0.1, 0.15) is 31.7 Å². The highest BCUT2D eigenvalue weighted by Crippen LogP contribution is 2.22. The Morgan fingerprint density at radius 2 is 2.00 bits per heavy atom. The van der Waals surface area contributed by atoms with Gasteiger partial charge in [-0.05, 0) is 44.4 Å². The van der Waals surface area contributed by atoms with Crippen LogP contribution in [-0.2, 0) is 20.8 Å². The summed E-state index contributed by atoms with van der Waals surface area (Å²) < 4.78 is 0. The largest absolute Gasteiger partial charge is 0.354 e. The van der Waals surface area contributed by atoms with Crippen molar-refractivity contribution in [3.05, 3.63) is 48.2 Å². The predicted molar refractivity (Wildman–Crippen MR) is 114 cm³/mol. The van der Waals surface area contributed by atoms with Crippen molar-refractivity contribution in [2.75, 3.05) is 20.1 Å².